The zero-order valence-electron chi connectivity index (χ0n) is 18.7. The SMILES string of the molecule is COc1cc(N2CCCC2O)ccc1Nc1cc(Cl)nc2c1nc(C(F)F)n2C1CCCCO1. The van der Waals surface area contributed by atoms with Gasteiger partial charge < -0.3 is 24.8 Å². The van der Waals surface area contributed by atoms with E-state index in [1.165, 1.54) is 4.57 Å². The number of aliphatic hydroxyl groups excluding tert-OH is 1. The van der Waals surface area contributed by atoms with Crippen molar-refractivity contribution in [1.29, 1.82) is 0 Å². The number of nitrogens with one attached hydrogen (secondary N) is 1. The van der Waals surface area contributed by atoms with Crippen molar-refractivity contribution < 1.29 is 23.4 Å². The Labute approximate surface area is 200 Å². The monoisotopic (exact) mass is 493 g/mol. The maximum absolute atomic E-state index is 14.0. The van der Waals surface area contributed by atoms with E-state index in [1.54, 1.807) is 13.2 Å². The van der Waals surface area contributed by atoms with Crippen LogP contribution >= 0.6 is 11.6 Å². The average Bonchev–Trinajstić information content (AvgIpc) is 3.43. The zero-order valence-corrected chi connectivity index (χ0v) is 19.4. The number of imidazole rings is 1. The molecule has 2 fully saturated rings. The second-order valence-corrected chi connectivity index (χ2v) is 8.84. The van der Waals surface area contributed by atoms with Crippen LogP contribution in [0.25, 0.3) is 11.2 Å². The number of benzene rings is 1. The average molecular weight is 494 g/mol. The number of methoxy groups -OCH3 is 1. The Balaban J connectivity index is 1.55. The summed E-state index contributed by atoms with van der Waals surface area (Å²) in [7, 11) is 1.55. The molecule has 5 rings (SSSR count). The summed E-state index contributed by atoms with van der Waals surface area (Å²) in [5, 5.41) is 13.6. The largest absolute Gasteiger partial charge is 0.494 e. The molecule has 0 aliphatic carbocycles. The van der Waals surface area contributed by atoms with E-state index >= 15 is 0 Å². The molecule has 0 saturated carbocycles. The molecule has 182 valence electrons. The van der Waals surface area contributed by atoms with Crippen molar-refractivity contribution >= 4 is 39.8 Å². The van der Waals surface area contributed by atoms with Crippen LogP contribution in [0.3, 0.4) is 0 Å². The number of pyridine rings is 1. The number of rotatable bonds is 6. The van der Waals surface area contributed by atoms with Crippen LogP contribution in [0.5, 0.6) is 5.75 Å². The van der Waals surface area contributed by atoms with E-state index in [0.29, 0.717) is 30.2 Å². The number of anilines is 3. The molecule has 1 aromatic carbocycles. The number of nitrogens with zero attached hydrogens (tertiary/aromatic N) is 4. The van der Waals surface area contributed by atoms with Gasteiger partial charge in [-0.3, -0.25) is 4.57 Å². The summed E-state index contributed by atoms with van der Waals surface area (Å²) in [6, 6.07) is 7.07. The van der Waals surface area contributed by atoms with Gasteiger partial charge >= 0.3 is 0 Å². The molecular weight excluding hydrogens is 468 g/mol. The van der Waals surface area contributed by atoms with E-state index in [4.69, 9.17) is 21.1 Å². The van der Waals surface area contributed by atoms with Gasteiger partial charge in [0, 0.05) is 31.0 Å². The minimum Gasteiger partial charge on any atom is -0.494 e. The van der Waals surface area contributed by atoms with Crippen LogP contribution in [-0.4, -0.2) is 46.1 Å². The van der Waals surface area contributed by atoms with Gasteiger partial charge in [0.1, 0.15) is 28.9 Å². The summed E-state index contributed by atoms with van der Waals surface area (Å²) < 4.78 is 40.6. The number of alkyl halides is 2. The summed E-state index contributed by atoms with van der Waals surface area (Å²) >= 11 is 6.30. The summed E-state index contributed by atoms with van der Waals surface area (Å²) in [6.07, 6.45) is 0.0914. The molecule has 11 heteroatoms. The van der Waals surface area contributed by atoms with Crippen molar-refractivity contribution in [2.45, 2.75) is 51.0 Å². The third-order valence-electron chi connectivity index (χ3n) is 6.29. The molecule has 2 unspecified atom stereocenters. The zero-order chi connectivity index (χ0) is 23.8. The highest BCUT2D eigenvalue weighted by Crippen LogP contribution is 2.39. The molecule has 2 saturated heterocycles. The molecule has 34 heavy (non-hydrogen) atoms. The molecule has 2 atom stereocenters. The quantitative estimate of drug-likeness (QED) is 0.445. The van der Waals surface area contributed by atoms with Gasteiger partial charge in [-0.25, -0.2) is 18.7 Å². The van der Waals surface area contributed by atoms with Gasteiger partial charge in [0.25, 0.3) is 6.43 Å². The van der Waals surface area contributed by atoms with Gasteiger partial charge in [-0.05, 0) is 44.2 Å². The smallest absolute Gasteiger partial charge is 0.295 e. The van der Waals surface area contributed by atoms with Gasteiger partial charge in [0.05, 0.1) is 18.5 Å². The highest BCUT2D eigenvalue weighted by molar-refractivity contribution is 6.30. The Morgan fingerprint density at radius 1 is 1.18 bits per heavy atom. The highest BCUT2D eigenvalue weighted by Gasteiger charge is 2.29. The van der Waals surface area contributed by atoms with Crippen molar-refractivity contribution in [3.8, 4) is 5.75 Å². The summed E-state index contributed by atoms with van der Waals surface area (Å²) in [6.45, 7) is 1.25. The Kier molecular flexibility index (Phi) is 6.46. The van der Waals surface area contributed by atoms with Gasteiger partial charge in [0.15, 0.2) is 11.5 Å². The van der Waals surface area contributed by atoms with Gasteiger partial charge in [-0.1, -0.05) is 11.6 Å². The maximum Gasteiger partial charge on any atom is 0.295 e. The molecule has 2 aliphatic heterocycles. The van der Waals surface area contributed by atoms with Crippen LogP contribution in [0.1, 0.15) is 50.6 Å². The molecule has 2 aromatic heterocycles. The standard InChI is InChI=1S/C23H26ClF2N5O3/c1-33-16-11-13(30-9-4-5-18(30)32)7-8-14(16)27-15-12-17(24)28-22-20(15)29-23(21(25)26)31(22)19-6-2-3-10-34-19/h7-8,11-12,18-19,21,32H,2-6,9-10H2,1H3,(H,27,28). The highest BCUT2D eigenvalue weighted by atomic mass is 35.5. The second kappa shape index (κ2) is 9.52. The molecule has 8 nitrogen and oxygen atoms in total. The van der Waals surface area contributed by atoms with Crippen LogP contribution in [0.15, 0.2) is 24.3 Å². The predicted molar refractivity (Wildman–Crippen MR) is 125 cm³/mol. The Morgan fingerprint density at radius 2 is 2.03 bits per heavy atom. The molecule has 2 N–H and O–H groups in total. The maximum atomic E-state index is 14.0. The van der Waals surface area contributed by atoms with Gasteiger partial charge in [0.2, 0.25) is 0 Å². The summed E-state index contributed by atoms with van der Waals surface area (Å²) in [5.74, 6) is 0.131. The van der Waals surface area contributed by atoms with Crippen LogP contribution < -0.4 is 15.0 Å². The molecule has 0 amide bonds. The van der Waals surface area contributed by atoms with Crippen LogP contribution in [0, 0.1) is 0 Å². The number of hydrogen-bond donors (Lipinski definition) is 2. The minimum atomic E-state index is -2.80. The molecule has 2 aliphatic rings. The van der Waals surface area contributed by atoms with Crippen molar-refractivity contribution in [1.82, 2.24) is 14.5 Å². The number of aliphatic hydroxyl groups is 1. The molecule has 3 aromatic rings. The van der Waals surface area contributed by atoms with Crippen molar-refractivity contribution in [3.63, 3.8) is 0 Å². The Hall–Kier alpha value is -2.69. The van der Waals surface area contributed by atoms with E-state index in [9.17, 15) is 13.9 Å². The first-order valence-electron chi connectivity index (χ1n) is 11.3. The Bertz CT molecular complexity index is 1190. The number of aromatic nitrogens is 3. The number of halogens is 3. The van der Waals surface area contributed by atoms with Crippen molar-refractivity contribution in [2.24, 2.45) is 0 Å². The molecular formula is C23H26ClF2N5O3. The topological polar surface area (TPSA) is 84.7 Å². The lowest BCUT2D eigenvalue weighted by atomic mass is 10.2. The fourth-order valence-electron chi connectivity index (χ4n) is 4.67. The van der Waals surface area contributed by atoms with E-state index in [-0.39, 0.29) is 16.3 Å². The normalized spacial score (nSPS) is 20.9. The van der Waals surface area contributed by atoms with Crippen molar-refractivity contribution in [2.75, 3.05) is 30.5 Å². The summed E-state index contributed by atoms with van der Waals surface area (Å²) in [4.78, 5) is 10.5. The summed E-state index contributed by atoms with van der Waals surface area (Å²) in [5.41, 5.74) is 2.39. The van der Waals surface area contributed by atoms with Crippen LogP contribution in [0.2, 0.25) is 5.15 Å². The Morgan fingerprint density at radius 3 is 2.71 bits per heavy atom. The minimum absolute atomic E-state index is 0.142. The van der Waals surface area contributed by atoms with E-state index in [0.717, 1.165) is 37.9 Å². The van der Waals surface area contributed by atoms with Gasteiger partial charge in [-0.2, -0.15) is 0 Å². The van der Waals surface area contributed by atoms with Gasteiger partial charge in [-0.15, -0.1) is 0 Å². The first-order chi connectivity index (χ1) is 16.5. The lowest BCUT2D eigenvalue weighted by molar-refractivity contribution is -0.0363. The van der Waals surface area contributed by atoms with Crippen LogP contribution in [0.4, 0.5) is 25.8 Å². The predicted octanol–water partition coefficient (Wildman–Crippen LogP) is 5.39. The number of ether oxygens (including phenoxy) is 2. The first kappa shape index (κ1) is 23.1. The van der Waals surface area contributed by atoms with Crippen molar-refractivity contribution in [3.05, 3.63) is 35.2 Å². The first-order valence-corrected chi connectivity index (χ1v) is 11.7. The third-order valence-corrected chi connectivity index (χ3v) is 6.48. The number of hydrogen-bond acceptors (Lipinski definition) is 7. The van der Waals surface area contributed by atoms with E-state index < -0.39 is 24.7 Å². The molecule has 4 heterocycles. The fourth-order valence-corrected chi connectivity index (χ4v) is 4.86. The molecule has 0 bridgehead atoms. The lowest BCUT2D eigenvalue weighted by Crippen LogP contribution is -2.28. The second-order valence-electron chi connectivity index (χ2n) is 8.45. The lowest BCUT2D eigenvalue weighted by Gasteiger charge is -2.25. The number of fused-ring (bicyclic) bond motifs is 1. The molecule has 0 spiro atoms. The molecule has 0 radical (unpaired) electrons. The fraction of sp³-hybridized carbons (Fsp3) is 0.478. The van der Waals surface area contributed by atoms with E-state index in [2.05, 4.69) is 15.3 Å². The van der Waals surface area contributed by atoms with E-state index in [1.807, 2.05) is 23.1 Å². The van der Waals surface area contributed by atoms with Crippen LogP contribution in [-0.2, 0) is 4.74 Å². The third kappa shape index (κ3) is 4.25.